The molecule has 2 aromatic rings. The molecule has 0 bridgehead atoms. The van der Waals surface area contributed by atoms with E-state index in [9.17, 15) is 13.2 Å². The first kappa shape index (κ1) is 20.4. The number of anilines is 1. The maximum atomic E-state index is 12.4. The number of hydrogen-bond donors (Lipinski definition) is 2. The molecule has 0 aliphatic carbocycles. The van der Waals surface area contributed by atoms with Crippen LogP contribution in [-0.2, 0) is 19.6 Å². The third-order valence-electron chi connectivity index (χ3n) is 4.15. The Labute approximate surface area is 169 Å². The lowest BCUT2D eigenvalue weighted by molar-refractivity contribution is -0.123. The first-order valence-corrected chi connectivity index (χ1v) is 10.7. The number of halogens is 1. The lowest BCUT2D eigenvalue weighted by atomic mass is 10.2. The summed E-state index contributed by atoms with van der Waals surface area (Å²) in [5.74, 6) is 0.148. The Bertz CT molecular complexity index is 895. The minimum absolute atomic E-state index is 0.0709. The first-order chi connectivity index (χ1) is 13.4. The van der Waals surface area contributed by atoms with Crippen molar-refractivity contribution in [1.29, 1.82) is 0 Å². The third-order valence-corrected chi connectivity index (χ3v) is 5.80. The normalized spacial score (nSPS) is 16.5. The van der Waals surface area contributed by atoms with Gasteiger partial charge in [-0.25, -0.2) is 8.42 Å². The fourth-order valence-electron chi connectivity index (χ4n) is 2.68. The number of nitrogens with one attached hydrogen (secondary N) is 2. The second kappa shape index (κ2) is 9.27. The summed E-state index contributed by atoms with van der Waals surface area (Å²) in [5, 5.41) is 3.28. The van der Waals surface area contributed by atoms with E-state index < -0.39 is 10.0 Å². The molecule has 28 heavy (non-hydrogen) atoms. The van der Waals surface area contributed by atoms with E-state index in [0.29, 0.717) is 23.0 Å². The van der Waals surface area contributed by atoms with Gasteiger partial charge in [-0.05, 0) is 61.4 Å². The largest absolute Gasteiger partial charge is 0.484 e. The number of rotatable bonds is 8. The molecule has 9 heteroatoms. The number of carbonyl (C=O) groups is 1. The van der Waals surface area contributed by atoms with Crippen LogP contribution in [0.3, 0.4) is 0 Å². The summed E-state index contributed by atoms with van der Waals surface area (Å²) in [6, 6.07) is 12.2. The molecule has 1 fully saturated rings. The molecule has 1 amide bonds. The number of benzene rings is 2. The van der Waals surface area contributed by atoms with E-state index in [1.54, 1.807) is 24.3 Å². The van der Waals surface area contributed by atoms with Crippen molar-refractivity contribution < 1.29 is 22.7 Å². The van der Waals surface area contributed by atoms with E-state index >= 15 is 0 Å². The van der Waals surface area contributed by atoms with Crippen LogP contribution in [0.15, 0.2) is 53.4 Å². The van der Waals surface area contributed by atoms with Gasteiger partial charge in [0.25, 0.3) is 15.9 Å². The standard InChI is InChI=1S/C19H21ClN2O5S/c20-14-3-5-15(6-4-14)22-28(24,25)18-9-7-16(8-10-18)27-13-19(23)21-12-17-2-1-11-26-17/h3-10,17,22H,1-2,11-13H2,(H,21,23)/t17-/m0/s1. The summed E-state index contributed by atoms with van der Waals surface area (Å²) in [7, 11) is -3.73. The first-order valence-electron chi connectivity index (χ1n) is 8.82. The van der Waals surface area contributed by atoms with Gasteiger partial charge in [-0.3, -0.25) is 9.52 Å². The van der Waals surface area contributed by atoms with Gasteiger partial charge in [0.2, 0.25) is 0 Å². The van der Waals surface area contributed by atoms with Crippen molar-refractivity contribution in [3.05, 3.63) is 53.6 Å². The molecule has 7 nitrogen and oxygen atoms in total. The molecule has 1 saturated heterocycles. The molecule has 0 saturated carbocycles. The summed E-state index contributed by atoms with van der Waals surface area (Å²) in [6.07, 6.45) is 2.03. The van der Waals surface area contributed by atoms with Crippen LogP contribution in [0.1, 0.15) is 12.8 Å². The Kier molecular flexibility index (Phi) is 6.77. The molecule has 1 heterocycles. The summed E-state index contributed by atoms with van der Waals surface area (Å²) in [4.78, 5) is 11.9. The van der Waals surface area contributed by atoms with Crippen LogP contribution in [0, 0.1) is 0 Å². The number of sulfonamides is 1. The lowest BCUT2D eigenvalue weighted by Gasteiger charge is -2.12. The molecule has 0 aromatic heterocycles. The highest BCUT2D eigenvalue weighted by Crippen LogP contribution is 2.20. The number of ether oxygens (including phenoxy) is 2. The summed E-state index contributed by atoms with van der Waals surface area (Å²) >= 11 is 5.80. The molecule has 0 radical (unpaired) electrons. The van der Waals surface area contributed by atoms with Crippen LogP contribution in [0.4, 0.5) is 5.69 Å². The zero-order valence-corrected chi connectivity index (χ0v) is 16.6. The van der Waals surface area contributed by atoms with Gasteiger partial charge in [-0.2, -0.15) is 0 Å². The van der Waals surface area contributed by atoms with Crippen molar-refractivity contribution >= 4 is 33.2 Å². The van der Waals surface area contributed by atoms with Crippen molar-refractivity contribution in [1.82, 2.24) is 5.32 Å². The average molecular weight is 425 g/mol. The zero-order chi connectivity index (χ0) is 20.0. The van der Waals surface area contributed by atoms with Gasteiger partial charge in [-0.15, -0.1) is 0 Å². The predicted molar refractivity (Wildman–Crippen MR) is 106 cm³/mol. The van der Waals surface area contributed by atoms with E-state index in [2.05, 4.69) is 10.0 Å². The molecule has 1 aliphatic heterocycles. The summed E-state index contributed by atoms with van der Waals surface area (Å²) in [6.45, 7) is 1.05. The van der Waals surface area contributed by atoms with Crippen molar-refractivity contribution in [2.45, 2.75) is 23.8 Å². The molecule has 0 spiro atoms. The maximum Gasteiger partial charge on any atom is 0.261 e. The monoisotopic (exact) mass is 424 g/mol. The van der Waals surface area contributed by atoms with Crippen LogP contribution in [0.5, 0.6) is 5.75 Å². The van der Waals surface area contributed by atoms with Crippen LogP contribution in [0.2, 0.25) is 5.02 Å². The smallest absolute Gasteiger partial charge is 0.261 e. The minimum atomic E-state index is -3.73. The van der Waals surface area contributed by atoms with Crippen molar-refractivity contribution in [2.24, 2.45) is 0 Å². The van der Waals surface area contributed by atoms with Crippen molar-refractivity contribution in [3.8, 4) is 5.75 Å². The van der Waals surface area contributed by atoms with E-state index in [0.717, 1.165) is 19.4 Å². The highest BCUT2D eigenvalue weighted by molar-refractivity contribution is 7.92. The predicted octanol–water partition coefficient (Wildman–Crippen LogP) is 2.81. The van der Waals surface area contributed by atoms with Gasteiger partial charge in [0.15, 0.2) is 6.61 Å². The lowest BCUT2D eigenvalue weighted by Crippen LogP contribution is -2.35. The highest BCUT2D eigenvalue weighted by atomic mass is 35.5. The third kappa shape index (κ3) is 5.85. The van der Waals surface area contributed by atoms with Crippen LogP contribution >= 0.6 is 11.6 Å². The number of amides is 1. The average Bonchev–Trinajstić information content (AvgIpc) is 3.20. The Morgan fingerprint density at radius 2 is 1.86 bits per heavy atom. The Balaban J connectivity index is 1.50. The Morgan fingerprint density at radius 1 is 1.14 bits per heavy atom. The van der Waals surface area contributed by atoms with Crippen LogP contribution in [-0.4, -0.2) is 40.2 Å². The second-order valence-corrected chi connectivity index (χ2v) is 8.43. The number of hydrogen-bond acceptors (Lipinski definition) is 5. The Morgan fingerprint density at radius 3 is 2.50 bits per heavy atom. The van der Waals surface area contributed by atoms with E-state index in [-0.39, 0.29) is 23.5 Å². The minimum Gasteiger partial charge on any atom is -0.484 e. The van der Waals surface area contributed by atoms with E-state index in [1.807, 2.05) is 0 Å². The van der Waals surface area contributed by atoms with Crippen LogP contribution < -0.4 is 14.8 Å². The van der Waals surface area contributed by atoms with Crippen molar-refractivity contribution in [2.75, 3.05) is 24.5 Å². The van der Waals surface area contributed by atoms with Crippen LogP contribution in [0.25, 0.3) is 0 Å². The molecule has 150 valence electrons. The fourth-order valence-corrected chi connectivity index (χ4v) is 3.86. The SMILES string of the molecule is O=C(COc1ccc(S(=O)(=O)Nc2ccc(Cl)cc2)cc1)NC[C@@H]1CCCO1. The molecule has 2 aromatic carbocycles. The van der Waals surface area contributed by atoms with Gasteiger partial charge in [-0.1, -0.05) is 11.6 Å². The van der Waals surface area contributed by atoms with E-state index in [1.165, 1.54) is 24.3 Å². The van der Waals surface area contributed by atoms with Gasteiger partial charge < -0.3 is 14.8 Å². The fraction of sp³-hybridized carbons (Fsp3) is 0.316. The molecule has 3 rings (SSSR count). The van der Waals surface area contributed by atoms with Gasteiger partial charge in [0.1, 0.15) is 5.75 Å². The topological polar surface area (TPSA) is 93.7 Å². The Hall–Kier alpha value is -2.29. The molecule has 2 N–H and O–H groups in total. The maximum absolute atomic E-state index is 12.4. The molecule has 1 atom stereocenters. The molecule has 1 aliphatic rings. The van der Waals surface area contributed by atoms with Gasteiger partial charge >= 0.3 is 0 Å². The van der Waals surface area contributed by atoms with Crippen molar-refractivity contribution in [3.63, 3.8) is 0 Å². The summed E-state index contributed by atoms with van der Waals surface area (Å²) in [5.41, 5.74) is 0.410. The number of carbonyl (C=O) groups excluding carboxylic acids is 1. The molecular weight excluding hydrogens is 404 g/mol. The zero-order valence-electron chi connectivity index (χ0n) is 15.1. The molecule has 0 unspecified atom stereocenters. The van der Waals surface area contributed by atoms with E-state index in [4.69, 9.17) is 21.1 Å². The second-order valence-electron chi connectivity index (χ2n) is 6.31. The summed E-state index contributed by atoms with van der Waals surface area (Å²) < 4.78 is 38.1. The highest BCUT2D eigenvalue weighted by Gasteiger charge is 2.17. The van der Waals surface area contributed by atoms with Gasteiger partial charge in [0, 0.05) is 23.9 Å². The quantitative estimate of drug-likeness (QED) is 0.679. The van der Waals surface area contributed by atoms with Gasteiger partial charge in [0.05, 0.1) is 11.0 Å². The molecular formula is C19H21ClN2O5S.